The number of nitrogens with one attached hydrogen (secondary N) is 1. The quantitative estimate of drug-likeness (QED) is 0.896. The number of imidazole rings is 1. The van der Waals surface area contributed by atoms with Crippen LogP contribution in [0.25, 0.3) is 5.65 Å². The van der Waals surface area contributed by atoms with E-state index in [0.717, 1.165) is 29.5 Å². The monoisotopic (exact) mass is 265 g/mol. The summed E-state index contributed by atoms with van der Waals surface area (Å²) in [6.45, 7) is 8.54. The molecule has 0 unspecified atom stereocenters. The van der Waals surface area contributed by atoms with Gasteiger partial charge in [-0.1, -0.05) is 32.4 Å². The van der Waals surface area contributed by atoms with E-state index in [-0.39, 0.29) is 0 Å². The highest BCUT2D eigenvalue weighted by Crippen LogP contribution is 2.18. The molecule has 0 atom stereocenters. The average molecular weight is 266 g/mol. The van der Waals surface area contributed by atoms with Crippen molar-refractivity contribution in [1.82, 2.24) is 14.7 Å². The van der Waals surface area contributed by atoms with Crippen molar-refractivity contribution >= 4 is 17.2 Å². The first-order valence-electron chi connectivity index (χ1n) is 6.34. The van der Waals surface area contributed by atoms with E-state index in [4.69, 9.17) is 11.6 Å². The highest BCUT2D eigenvalue weighted by Gasteiger charge is 2.14. The van der Waals surface area contributed by atoms with E-state index in [1.165, 1.54) is 6.42 Å². The number of aromatic nitrogens is 2. The molecule has 4 heteroatoms. The number of nitrogens with zero attached hydrogens (tertiary/aromatic N) is 2. The predicted octanol–water partition coefficient (Wildman–Crippen LogP) is 3.51. The lowest BCUT2D eigenvalue weighted by Gasteiger charge is -2.22. The zero-order valence-electron chi connectivity index (χ0n) is 11.2. The highest BCUT2D eigenvalue weighted by atomic mass is 35.5. The maximum atomic E-state index is 5.95. The maximum absolute atomic E-state index is 5.95. The van der Waals surface area contributed by atoms with Crippen molar-refractivity contribution in [2.24, 2.45) is 5.41 Å². The zero-order chi connectivity index (χ0) is 13.2. The molecule has 3 nitrogen and oxygen atoms in total. The van der Waals surface area contributed by atoms with Crippen molar-refractivity contribution in [2.75, 3.05) is 6.54 Å². The van der Waals surface area contributed by atoms with Crippen LogP contribution in [-0.4, -0.2) is 15.9 Å². The summed E-state index contributed by atoms with van der Waals surface area (Å²) >= 11 is 5.95. The Bertz CT molecular complexity index is 531. The predicted molar refractivity (Wildman–Crippen MR) is 76.0 cm³/mol. The second-order valence-corrected chi connectivity index (χ2v) is 5.90. The summed E-state index contributed by atoms with van der Waals surface area (Å²) in [5, 5.41) is 4.19. The normalized spacial score (nSPS) is 12.2. The number of rotatable bonds is 5. The van der Waals surface area contributed by atoms with Crippen LogP contribution in [0.15, 0.2) is 24.5 Å². The molecule has 0 aliphatic heterocycles. The molecule has 0 saturated carbocycles. The Balaban J connectivity index is 2.00. The lowest BCUT2D eigenvalue weighted by atomic mass is 9.90. The maximum Gasteiger partial charge on any atom is 0.137 e. The summed E-state index contributed by atoms with van der Waals surface area (Å²) in [5.41, 5.74) is 2.32. The van der Waals surface area contributed by atoms with Crippen molar-refractivity contribution in [3.63, 3.8) is 0 Å². The fraction of sp³-hybridized carbons (Fsp3) is 0.500. The summed E-state index contributed by atoms with van der Waals surface area (Å²) in [7, 11) is 0. The van der Waals surface area contributed by atoms with E-state index in [0.29, 0.717) is 5.41 Å². The zero-order valence-corrected chi connectivity index (χ0v) is 12.0. The molecule has 2 aromatic heterocycles. The summed E-state index contributed by atoms with van der Waals surface area (Å²) in [6.07, 6.45) is 5.07. The fourth-order valence-electron chi connectivity index (χ4n) is 1.76. The van der Waals surface area contributed by atoms with Gasteiger partial charge in [0, 0.05) is 25.5 Å². The van der Waals surface area contributed by atoms with Crippen LogP contribution in [0.5, 0.6) is 0 Å². The molecule has 0 aliphatic rings. The van der Waals surface area contributed by atoms with Crippen LogP contribution in [0.4, 0.5) is 0 Å². The van der Waals surface area contributed by atoms with Crippen LogP contribution >= 0.6 is 11.6 Å². The van der Waals surface area contributed by atoms with Gasteiger partial charge in [0.25, 0.3) is 0 Å². The number of pyridine rings is 1. The number of hydrogen-bond donors (Lipinski definition) is 1. The molecule has 2 heterocycles. The van der Waals surface area contributed by atoms with Gasteiger partial charge in [-0.15, -0.1) is 0 Å². The third-order valence-electron chi connectivity index (χ3n) is 3.33. The molecule has 0 spiro atoms. The van der Waals surface area contributed by atoms with Crippen LogP contribution in [-0.2, 0) is 6.54 Å². The van der Waals surface area contributed by atoms with Crippen LogP contribution in [0.3, 0.4) is 0 Å². The molecule has 0 aliphatic carbocycles. The molecular weight excluding hydrogens is 246 g/mol. The first-order valence-corrected chi connectivity index (χ1v) is 6.72. The third kappa shape index (κ3) is 3.24. The molecule has 0 bridgehead atoms. The second kappa shape index (κ2) is 5.29. The second-order valence-electron chi connectivity index (χ2n) is 5.47. The van der Waals surface area contributed by atoms with Gasteiger partial charge in [-0.3, -0.25) is 0 Å². The number of halogens is 1. The van der Waals surface area contributed by atoms with Gasteiger partial charge in [0.2, 0.25) is 0 Å². The average Bonchev–Trinajstić information content (AvgIpc) is 2.70. The number of fused-ring (bicyclic) bond motifs is 1. The Labute approximate surface area is 113 Å². The molecule has 0 saturated heterocycles. The smallest absolute Gasteiger partial charge is 0.137 e. The Morgan fingerprint density at radius 3 is 2.83 bits per heavy atom. The summed E-state index contributed by atoms with van der Waals surface area (Å²) in [4.78, 5) is 4.54. The minimum absolute atomic E-state index is 0.336. The van der Waals surface area contributed by atoms with Gasteiger partial charge in [0.05, 0.1) is 10.7 Å². The summed E-state index contributed by atoms with van der Waals surface area (Å²) in [6, 6.07) is 3.79. The van der Waals surface area contributed by atoms with E-state index in [1.54, 1.807) is 0 Å². The van der Waals surface area contributed by atoms with Crippen molar-refractivity contribution < 1.29 is 0 Å². The Hall–Kier alpha value is -1.06. The molecule has 98 valence electrons. The molecule has 1 N–H and O–H groups in total. The van der Waals surface area contributed by atoms with Crippen LogP contribution in [0, 0.1) is 5.41 Å². The third-order valence-corrected chi connectivity index (χ3v) is 3.56. The molecular formula is C14H20ClN3. The molecule has 2 aromatic rings. The van der Waals surface area contributed by atoms with E-state index in [9.17, 15) is 0 Å². The van der Waals surface area contributed by atoms with Crippen LogP contribution in [0.1, 0.15) is 32.9 Å². The van der Waals surface area contributed by atoms with Gasteiger partial charge in [0.15, 0.2) is 0 Å². The molecule has 0 fully saturated rings. The minimum Gasteiger partial charge on any atom is -0.311 e. The van der Waals surface area contributed by atoms with Crippen LogP contribution < -0.4 is 5.32 Å². The molecule has 0 amide bonds. The Morgan fingerprint density at radius 2 is 2.11 bits per heavy atom. The topological polar surface area (TPSA) is 29.3 Å². The van der Waals surface area contributed by atoms with E-state index in [2.05, 4.69) is 31.1 Å². The Morgan fingerprint density at radius 1 is 1.33 bits per heavy atom. The first kappa shape index (κ1) is 13.4. The van der Waals surface area contributed by atoms with Crippen molar-refractivity contribution in [2.45, 2.75) is 33.7 Å². The first-order chi connectivity index (χ1) is 8.50. The molecule has 0 aromatic carbocycles. The highest BCUT2D eigenvalue weighted by molar-refractivity contribution is 6.30. The number of hydrogen-bond acceptors (Lipinski definition) is 2. The molecule has 2 rings (SSSR count). The lowest BCUT2D eigenvalue weighted by Crippen LogP contribution is -2.28. The fourth-order valence-corrected chi connectivity index (χ4v) is 1.92. The van der Waals surface area contributed by atoms with Gasteiger partial charge >= 0.3 is 0 Å². The van der Waals surface area contributed by atoms with Gasteiger partial charge in [-0.05, 0) is 24.0 Å². The van der Waals surface area contributed by atoms with E-state index in [1.807, 2.05) is 28.9 Å². The van der Waals surface area contributed by atoms with E-state index < -0.39 is 0 Å². The van der Waals surface area contributed by atoms with Gasteiger partial charge < -0.3 is 9.72 Å². The standard InChI is InChI=1S/C14H20ClN3/c1-4-14(2,3)10-16-7-12-9-18-8-11(15)5-6-13(18)17-12/h5-6,8-9,16H,4,7,10H2,1-3H3. The SMILES string of the molecule is CCC(C)(C)CNCc1cn2cc(Cl)ccc2n1. The lowest BCUT2D eigenvalue weighted by molar-refractivity contribution is 0.327. The minimum atomic E-state index is 0.336. The van der Waals surface area contributed by atoms with Gasteiger partial charge in [0.1, 0.15) is 5.65 Å². The van der Waals surface area contributed by atoms with Crippen molar-refractivity contribution in [3.8, 4) is 0 Å². The van der Waals surface area contributed by atoms with Crippen molar-refractivity contribution in [3.05, 3.63) is 35.2 Å². The molecule has 18 heavy (non-hydrogen) atoms. The largest absolute Gasteiger partial charge is 0.311 e. The van der Waals surface area contributed by atoms with E-state index >= 15 is 0 Å². The van der Waals surface area contributed by atoms with Crippen molar-refractivity contribution in [1.29, 1.82) is 0 Å². The van der Waals surface area contributed by atoms with Crippen LogP contribution in [0.2, 0.25) is 5.02 Å². The summed E-state index contributed by atoms with van der Waals surface area (Å²) < 4.78 is 1.96. The summed E-state index contributed by atoms with van der Waals surface area (Å²) in [5.74, 6) is 0. The van der Waals surface area contributed by atoms with Gasteiger partial charge in [-0.2, -0.15) is 0 Å². The Kier molecular flexibility index (Phi) is 3.93. The molecule has 0 radical (unpaired) electrons. The van der Waals surface area contributed by atoms with Gasteiger partial charge in [-0.25, -0.2) is 4.98 Å².